The molecular formula is C16H32OSi2. The highest BCUT2D eigenvalue weighted by Crippen LogP contribution is 2.48. The predicted molar refractivity (Wildman–Crippen MR) is 91.2 cm³/mol. The first-order valence-corrected chi connectivity index (χ1v) is 14.1. The molecule has 0 radical (unpaired) electrons. The van der Waals surface area contributed by atoms with E-state index in [9.17, 15) is 4.79 Å². The van der Waals surface area contributed by atoms with Gasteiger partial charge in [0, 0.05) is 5.54 Å². The molecule has 1 aliphatic carbocycles. The van der Waals surface area contributed by atoms with Crippen LogP contribution in [0.5, 0.6) is 0 Å². The maximum absolute atomic E-state index is 13.1. The molecule has 0 saturated heterocycles. The van der Waals surface area contributed by atoms with Gasteiger partial charge in [0.2, 0.25) is 0 Å². The van der Waals surface area contributed by atoms with Gasteiger partial charge in [0.15, 0.2) is 5.78 Å². The lowest BCUT2D eigenvalue weighted by molar-refractivity contribution is -0.114. The molecule has 0 aromatic carbocycles. The molecule has 0 unspecified atom stereocenters. The van der Waals surface area contributed by atoms with Crippen molar-refractivity contribution in [3.05, 3.63) is 10.8 Å². The summed E-state index contributed by atoms with van der Waals surface area (Å²) >= 11 is 0. The van der Waals surface area contributed by atoms with E-state index < -0.39 is 16.1 Å². The van der Waals surface area contributed by atoms with Gasteiger partial charge in [-0.2, -0.15) is 0 Å². The Balaban J connectivity index is 3.33. The average Bonchev–Trinajstić information content (AvgIpc) is 2.55. The first-order valence-electron chi connectivity index (χ1n) is 7.91. The van der Waals surface area contributed by atoms with Gasteiger partial charge in [-0.3, -0.25) is 4.79 Å². The second kappa shape index (κ2) is 5.68. The monoisotopic (exact) mass is 296 g/mol. The topological polar surface area (TPSA) is 17.1 Å². The fourth-order valence-corrected chi connectivity index (χ4v) is 11.3. The summed E-state index contributed by atoms with van der Waals surface area (Å²) in [4.78, 5) is 13.1. The molecule has 0 heterocycles. The average molecular weight is 297 g/mol. The van der Waals surface area contributed by atoms with Crippen LogP contribution in [0.4, 0.5) is 0 Å². The van der Waals surface area contributed by atoms with E-state index in [0.29, 0.717) is 17.2 Å². The Morgan fingerprint density at radius 3 is 1.68 bits per heavy atom. The lowest BCUT2D eigenvalue weighted by Crippen LogP contribution is -2.41. The van der Waals surface area contributed by atoms with Gasteiger partial charge < -0.3 is 0 Å². The molecule has 1 rings (SSSR count). The quantitative estimate of drug-likeness (QED) is 0.631. The zero-order valence-corrected chi connectivity index (χ0v) is 16.2. The lowest BCUT2D eigenvalue weighted by atomic mass is 10.1. The summed E-state index contributed by atoms with van der Waals surface area (Å²) in [5.41, 5.74) is 1.79. The number of rotatable bonds is 5. The Labute approximate surface area is 121 Å². The van der Waals surface area contributed by atoms with Crippen LogP contribution in [0.25, 0.3) is 0 Å². The van der Waals surface area contributed by atoms with Crippen molar-refractivity contribution in [1.29, 1.82) is 0 Å². The molecule has 110 valence electrons. The van der Waals surface area contributed by atoms with Crippen molar-refractivity contribution >= 4 is 21.9 Å². The Kier molecular flexibility index (Phi) is 5.05. The molecule has 0 aromatic heterocycles. The molecule has 19 heavy (non-hydrogen) atoms. The second-order valence-electron chi connectivity index (χ2n) is 7.40. The smallest absolute Gasteiger partial charge is 0.155 e. The van der Waals surface area contributed by atoms with Gasteiger partial charge >= 0.3 is 0 Å². The van der Waals surface area contributed by atoms with Crippen LogP contribution in [-0.4, -0.2) is 21.9 Å². The number of hydrogen-bond donors (Lipinski definition) is 0. The van der Waals surface area contributed by atoms with Gasteiger partial charge in [-0.15, -0.1) is 0 Å². The van der Waals surface area contributed by atoms with Crippen molar-refractivity contribution in [3.8, 4) is 0 Å². The summed E-state index contributed by atoms with van der Waals surface area (Å²) in [7, 11) is -2.94. The number of carbonyl (C=O) groups excluding carboxylic acids is 1. The molecule has 0 aromatic rings. The number of carbonyl (C=O) groups is 1. The summed E-state index contributed by atoms with van der Waals surface area (Å²) in [5, 5.41) is 1.35. The van der Waals surface area contributed by atoms with Crippen molar-refractivity contribution < 1.29 is 4.79 Å². The van der Waals surface area contributed by atoms with E-state index in [1.165, 1.54) is 28.9 Å². The summed E-state index contributed by atoms with van der Waals surface area (Å²) in [6, 6.07) is 3.68. The first-order chi connectivity index (χ1) is 8.66. The van der Waals surface area contributed by atoms with Crippen molar-refractivity contribution in [3.63, 3.8) is 0 Å². The highest BCUT2D eigenvalue weighted by molar-refractivity contribution is 6.93. The Hall–Kier alpha value is -0.156. The third kappa shape index (κ3) is 2.69. The van der Waals surface area contributed by atoms with Crippen molar-refractivity contribution in [2.24, 2.45) is 5.92 Å². The fourth-order valence-electron chi connectivity index (χ4n) is 4.16. The molecule has 0 amide bonds. The van der Waals surface area contributed by atoms with E-state index in [1.807, 2.05) is 0 Å². The SMILES string of the molecule is CC[Si](CC)(CC)C1=C(C)[C@H](C)[C@@H]([Si](C)(C)C)C1=O. The summed E-state index contributed by atoms with van der Waals surface area (Å²) in [5.74, 6) is 1.05. The van der Waals surface area contributed by atoms with Gasteiger partial charge in [0.25, 0.3) is 0 Å². The van der Waals surface area contributed by atoms with Crippen LogP contribution in [0, 0.1) is 5.92 Å². The number of Topliss-reactive ketones (excluding diaryl/α,β-unsaturated/α-hetero) is 1. The van der Waals surface area contributed by atoms with Gasteiger partial charge in [-0.05, 0) is 18.0 Å². The third-order valence-corrected chi connectivity index (χ3v) is 14.0. The number of allylic oxidation sites excluding steroid dienone is 2. The van der Waals surface area contributed by atoms with Crippen molar-refractivity contribution in [2.45, 2.75) is 77.9 Å². The maximum atomic E-state index is 13.1. The minimum atomic E-state index is -1.52. The van der Waals surface area contributed by atoms with Gasteiger partial charge in [0.05, 0.1) is 16.1 Å². The Morgan fingerprint density at radius 2 is 1.42 bits per heavy atom. The minimum Gasteiger partial charge on any atom is -0.295 e. The molecule has 0 bridgehead atoms. The molecular weight excluding hydrogens is 264 g/mol. The molecule has 0 aliphatic heterocycles. The largest absolute Gasteiger partial charge is 0.295 e. The fraction of sp³-hybridized carbons (Fsp3) is 0.812. The number of hydrogen-bond acceptors (Lipinski definition) is 1. The van der Waals surface area contributed by atoms with Gasteiger partial charge in [0.1, 0.15) is 0 Å². The molecule has 0 N–H and O–H groups in total. The van der Waals surface area contributed by atoms with E-state index in [2.05, 4.69) is 54.3 Å². The third-order valence-electron chi connectivity index (χ3n) is 5.60. The molecule has 0 fully saturated rings. The molecule has 0 spiro atoms. The summed E-state index contributed by atoms with van der Waals surface area (Å²) in [6.07, 6.45) is 0. The first kappa shape index (κ1) is 16.9. The maximum Gasteiger partial charge on any atom is 0.155 e. The van der Waals surface area contributed by atoms with Crippen LogP contribution in [0.15, 0.2) is 10.8 Å². The molecule has 1 nitrogen and oxygen atoms in total. The molecule has 1 aliphatic rings. The van der Waals surface area contributed by atoms with Crippen LogP contribution >= 0.6 is 0 Å². The van der Waals surface area contributed by atoms with E-state index in [0.717, 1.165) is 0 Å². The van der Waals surface area contributed by atoms with Crippen molar-refractivity contribution in [1.82, 2.24) is 0 Å². The zero-order valence-electron chi connectivity index (χ0n) is 14.2. The number of ketones is 1. The van der Waals surface area contributed by atoms with E-state index >= 15 is 0 Å². The lowest BCUT2D eigenvalue weighted by Gasteiger charge is -2.32. The zero-order chi connectivity index (χ0) is 15.0. The van der Waals surface area contributed by atoms with E-state index in [1.54, 1.807) is 0 Å². The van der Waals surface area contributed by atoms with Crippen LogP contribution < -0.4 is 0 Å². The summed E-state index contributed by atoms with van der Waals surface area (Å²) < 4.78 is 0. The highest BCUT2D eigenvalue weighted by atomic mass is 28.3. The van der Waals surface area contributed by atoms with Gasteiger partial charge in [-0.1, -0.05) is 71.0 Å². The van der Waals surface area contributed by atoms with Crippen LogP contribution in [0.2, 0.25) is 43.3 Å². The Morgan fingerprint density at radius 1 is 1.00 bits per heavy atom. The standard InChI is InChI=1S/C16H32OSi2/c1-9-19(10-2,11-3)16-13(5)12(4)15(14(16)17)18(6,7)8/h12,15H,9-11H2,1-8H3/t12-,15+/m0/s1. The minimum absolute atomic E-state index is 0.332. The van der Waals surface area contributed by atoms with E-state index in [-0.39, 0.29) is 0 Å². The normalized spacial score (nSPS) is 25.4. The summed E-state index contributed by atoms with van der Waals surface area (Å²) in [6.45, 7) is 18.5. The second-order valence-corrected chi connectivity index (χ2v) is 17.9. The molecule has 0 saturated carbocycles. The van der Waals surface area contributed by atoms with Gasteiger partial charge in [-0.25, -0.2) is 0 Å². The van der Waals surface area contributed by atoms with Crippen LogP contribution in [0.1, 0.15) is 34.6 Å². The van der Waals surface area contributed by atoms with Crippen molar-refractivity contribution in [2.75, 3.05) is 0 Å². The molecule has 3 heteroatoms. The van der Waals surface area contributed by atoms with E-state index in [4.69, 9.17) is 0 Å². The molecule has 2 atom stereocenters. The highest BCUT2D eigenvalue weighted by Gasteiger charge is 2.50. The van der Waals surface area contributed by atoms with Crippen LogP contribution in [0.3, 0.4) is 0 Å². The predicted octanol–water partition coefficient (Wildman–Crippen LogP) is 5.28. The van der Waals surface area contributed by atoms with Crippen LogP contribution in [-0.2, 0) is 4.79 Å². The Bertz CT molecular complexity index is 378.